The Balaban J connectivity index is 1.87. The van der Waals surface area contributed by atoms with Crippen molar-refractivity contribution in [2.24, 2.45) is 0 Å². The van der Waals surface area contributed by atoms with Crippen LogP contribution in [0.1, 0.15) is 29.4 Å². The van der Waals surface area contributed by atoms with Crippen LogP contribution in [0.5, 0.6) is 0 Å². The summed E-state index contributed by atoms with van der Waals surface area (Å²) in [6.07, 6.45) is 1.90. The van der Waals surface area contributed by atoms with Crippen LogP contribution in [0.25, 0.3) is 10.1 Å². The van der Waals surface area contributed by atoms with Crippen molar-refractivity contribution < 1.29 is 9.53 Å². The summed E-state index contributed by atoms with van der Waals surface area (Å²) in [5.41, 5.74) is 6.39. The van der Waals surface area contributed by atoms with Gasteiger partial charge in [-0.1, -0.05) is 18.2 Å². The third kappa shape index (κ3) is 2.39. The summed E-state index contributed by atoms with van der Waals surface area (Å²) in [6, 6.07) is 7.82. The minimum atomic E-state index is -0.294. The molecule has 1 amide bonds. The molecule has 0 spiro atoms. The Bertz CT molecular complexity index is 644. The number of rotatable bonds is 2. The van der Waals surface area contributed by atoms with Gasteiger partial charge in [0.05, 0.1) is 17.8 Å². The number of amides is 1. The van der Waals surface area contributed by atoms with E-state index in [1.807, 2.05) is 31.2 Å². The molecule has 1 unspecified atom stereocenters. The molecule has 0 radical (unpaired) electrons. The summed E-state index contributed by atoms with van der Waals surface area (Å²) in [5.74, 6) is -0.100. The lowest BCUT2D eigenvalue weighted by Crippen LogP contribution is -2.51. The van der Waals surface area contributed by atoms with Crippen LogP contribution in [-0.4, -0.2) is 24.7 Å². The highest BCUT2D eigenvalue weighted by Gasteiger charge is 2.30. The van der Waals surface area contributed by atoms with Gasteiger partial charge >= 0.3 is 0 Å². The molecule has 0 saturated carbocycles. The van der Waals surface area contributed by atoms with Gasteiger partial charge in [0.25, 0.3) is 5.91 Å². The highest BCUT2D eigenvalue weighted by atomic mass is 32.1. The van der Waals surface area contributed by atoms with Crippen molar-refractivity contribution in [2.75, 3.05) is 18.9 Å². The van der Waals surface area contributed by atoms with Crippen molar-refractivity contribution in [1.29, 1.82) is 0 Å². The largest absolute Gasteiger partial charge is 0.397 e. The van der Waals surface area contributed by atoms with E-state index in [-0.39, 0.29) is 11.4 Å². The molecular weight excluding hydrogens is 272 g/mol. The minimum Gasteiger partial charge on any atom is -0.397 e. The molecule has 3 rings (SSSR count). The number of nitrogens with two attached hydrogens (primary N) is 1. The number of carbonyl (C=O) groups is 1. The van der Waals surface area contributed by atoms with Gasteiger partial charge in [-0.05, 0) is 25.8 Å². The Morgan fingerprint density at radius 2 is 2.25 bits per heavy atom. The van der Waals surface area contributed by atoms with Crippen molar-refractivity contribution >= 4 is 33.0 Å². The monoisotopic (exact) mass is 290 g/mol. The molecule has 20 heavy (non-hydrogen) atoms. The first-order chi connectivity index (χ1) is 9.59. The van der Waals surface area contributed by atoms with Crippen LogP contribution in [0.3, 0.4) is 0 Å². The second-order valence-corrected chi connectivity index (χ2v) is 6.56. The van der Waals surface area contributed by atoms with E-state index in [1.54, 1.807) is 0 Å². The van der Waals surface area contributed by atoms with Crippen LogP contribution in [0.2, 0.25) is 0 Å². The molecule has 5 heteroatoms. The first-order valence-electron chi connectivity index (χ1n) is 6.76. The lowest BCUT2D eigenvalue weighted by molar-refractivity contribution is 0.0274. The van der Waals surface area contributed by atoms with Gasteiger partial charge < -0.3 is 15.8 Å². The van der Waals surface area contributed by atoms with Gasteiger partial charge in [-0.25, -0.2) is 0 Å². The van der Waals surface area contributed by atoms with Gasteiger partial charge in [-0.3, -0.25) is 4.79 Å². The summed E-state index contributed by atoms with van der Waals surface area (Å²) in [5, 5.41) is 4.03. The van der Waals surface area contributed by atoms with Gasteiger partial charge in [0, 0.05) is 16.7 Å². The third-order valence-corrected chi connectivity index (χ3v) is 4.88. The predicted molar refractivity (Wildman–Crippen MR) is 82.2 cm³/mol. The summed E-state index contributed by atoms with van der Waals surface area (Å²) >= 11 is 1.44. The Kier molecular flexibility index (Phi) is 3.40. The molecule has 2 aromatic rings. The van der Waals surface area contributed by atoms with E-state index in [9.17, 15) is 4.79 Å². The molecular formula is C15H18N2O2S. The van der Waals surface area contributed by atoms with Gasteiger partial charge in [0.2, 0.25) is 0 Å². The molecule has 0 aliphatic carbocycles. The van der Waals surface area contributed by atoms with E-state index in [4.69, 9.17) is 10.5 Å². The van der Waals surface area contributed by atoms with E-state index in [0.29, 0.717) is 17.2 Å². The maximum atomic E-state index is 12.5. The molecule has 1 aromatic heterocycles. The number of nitrogens with one attached hydrogen (secondary N) is 1. The van der Waals surface area contributed by atoms with Crippen molar-refractivity contribution in [3.05, 3.63) is 29.1 Å². The van der Waals surface area contributed by atoms with Gasteiger partial charge in [-0.2, -0.15) is 0 Å². The number of nitrogen functional groups attached to an aromatic ring is 1. The van der Waals surface area contributed by atoms with Crippen LogP contribution in [0.4, 0.5) is 5.69 Å². The number of fused-ring (bicyclic) bond motifs is 1. The molecule has 1 aromatic carbocycles. The summed E-state index contributed by atoms with van der Waals surface area (Å²) in [7, 11) is 0. The van der Waals surface area contributed by atoms with Gasteiger partial charge in [0.1, 0.15) is 4.88 Å². The molecule has 1 atom stereocenters. The predicted octanol–water partition coefficient (Wildman–Crippen LogP) is 2.78. The highest BCUT2D eigenvalue weighted by molar-refractivity contribution is 7.21. The number of thiophene rings is 1. The molecule has 1 fully saturated rings. The number of benzene rings is 1. The topological polar surface area (TPSA) is 64.4 Å². The number of hydrogen-bond donors (Lipinski definition) is 2. The molecule has 106 valence electrons. The van der Waals surface area contributed by atoms with Crippen molar-refractivity contribution in [2.45, 2.75) is 25.3 Å². The molecule has 1 aliphatic rings. The molecule has 4 nitrogen and oxygen atoms in total. The average Bonchev–Trinajstić information content (AvgIpc) is 2.77. The zero-order chi connectivity index (χ0) is 14.2. The number of carbonyl (C=O) groups excluding carboxylic acids is 1. The standard InChI is InChI=1S/C15H18N2O2S/c1-15(7-4-8-19-9-15)17-14(18)13-12(16)10-5-2-3-6-11(10)20-13/h2-3,5-6H,4,7-9,16H2,1H3,(H,17,18). The fourth-order valence-corrected chi connectivity index (χ4v) is 3.62. The lowest BCUT2D eigenvalue weighted by Gasteiger charge is -2.34. The zero-order valence-corrected chi connectivity index (χ0v) is 12.3. The summed E-state index contributed by atoms with van der Waals surface area (Å²) in [6.45, 7) is 3.35. The van der Waals surface area contributed by atoms with Crippen LogP contribution < -0.4 is 11.1 Å². The van der Waals surface area contributed by atoms with Crippen molar-refractivity contribution in [3.8, 4) is 0 Å². The first kappa shape index (κ1) is 13.4. The van der Waals surface area contributed by atoms with E-state index in [2.05, 4.69) is 5.32 Å². The van der Waals surface area contributed by atoms with E-state index in [0.717, 1.165) is 29.5 Å². The smallest absolute Gasteiger partial charge is 0.264 e. The average molecular weight is 290 g/mol. The van der Waals surface area contributed by atoms with E-state index in [1.165, 1.54) is 11.3 Å². The van der Waals surface area contributed by atoms with Crippen LogP contribution in [0, 0.1) is 0 Å². The van der Waals surface area contributed by atoms with Crippen molar-refractivity contribution in [3.63, 3.8) is 0 Å². The van der Waals surface area contributed by atoms with Gasteiger partial charge in [-0.15, -0.1) is 11.3 Å². The van der Waals surface area contributed by atoms with E-state index < -0.39 is 0 Å². The minimum absolute atomic E-state index is 0.100. The number of ether oxygens (including phenoxy) is 1. The SMILES string of the molecule is CC1(NC(=O)c2sc3ccccc3c2N)CCCOC1. The molecule has 2 heterocycles. The molecule has 1 aliphatic heterocycles. The van der Waals surface area contributed by atoms with Crippen molar-refractivity contribution in [1.82, 2.24) is 5.32 Å². The number of anilines is 1. The van der Waals surface area contributed by atoms with Crippen LogP contribution in [0.15, 0.2) is 24.3 Å². The highest BCUT2D eigenvalue weighted by Crippen LogP contribution is 2.33. The molecule has 3 N–H and O–H groups in total. The molecule has 1 saturated heterocycles. The zero-order valence-electron chi connectivity index (χ0n) is 11.4. The Hall–Kier alpha value is -1.59. The number of hydrogen-bond acceptors (Lipinski definition) is 4. The fraction of sp³-hybridized carbons (Fsp3) is 0.400. The summed E-state index contributed by atoms with van der Waals surface area (Å²) < 4.78 is 6.51. The second-order valence-electron chi connectivity index (χ2n) is 5.51. The van der Waals surface area contributed by atoms with Crippen LogP contribution >= 0.6 is 11.3 Å². The fourth-order valence-electron chi connectivity index (χ4n) is 2.60. The van der Waals surface area contributed by atoms with Crippen LogP contribution in [-0.2, 0) is 4.74 Å². The first-order valence-corrected chi connectivity index (χ1v) is 7.58. The summed E-state index contributed by atoms with van der Waals surface area (Å²) in [4.78, 5) is 13.1. The normalized spacial score (nSPS) is 22.9. The lowest BCUT2D eigenvalue weighted by atomic mass is 9.95. The third-order valence-electron chi connectivity index (χ3n) is 3.69. The molecule has 0 bridgehead atoms. The quantitative estimate of drug-likeness (QED) is 0.894. The maximum absolute atomic E-state index is 12.5. The Morgan fingerprint density at radius 3 is 2.95 bits per heavy atom. The Labute approximate surface area is 121 Å². The second kappa shape index (κ2) is 5.07. The maximum Gasteiger partial charge on any atom is 0.264 e. The van der Waals surface area contributed by atoms with E-state index >= 15 is 0 Å². The Morgan fingerprint density at radius 1 is 1.45 bits per heavy atom. The van der Waals surface area contributed by atoms with Gasteiger partial charge in [0.15, 0.2) is 0 Å².